The van der Waals surface area contributed by atoms with Gasteiger partial charge >= 0.3 is 0 Å². The van der Waals surface area contributed by atoms with Crippen LogP contribution >= 0.6 is 0 Å². The number of nitrogens with one attached hydrogen (secondary N) is 2. The van der Waals surface area contributed by atoms with Crippen LogP contribution in [0.1, 0.15) is 30.5 Å². The van der Waals surface area contributed by atoms with Crippen LogP contribution in [0.15, 0.2) is 48.5 Å². The van der Waals surface area contributed by atoms with Gasteiger partial charge in [0.1, 0.15) is 5.82 Å². The quantitative estimate of drug-likeness (QED) is 0.908. The van der Waals surface area contributed by atoms with Crippen molar-refractivity contribution in [2.45, 2.75) is 31.8 Å². The summed E-state index contributed by atoms with van der Waals surface area (Å²) in [6.45, 7) is 1.83. The van der Waals surface area contributed by atoms with Crippen molar-refractivity contribution in [3.8, 4) is 0 Å². The molecule has 2 aromatic carbocycles. The fourth-order valence-corrected chi connectivity index (χ4v) is 2.92. The third-order valence-corrected chi connectivity index (χ3v) is 4.07. The van der Waals surface area contributed by atoms with Gasteiger partial charge in [-0.3, -0.25) is 10.1 Å². The van der Waals surface area contributed by atoms with Crippen molar-refractivity contribution in [3.63, 3.8) is 0 Å². The maximum absolute atomic E-state index is 13.1. The molecule has 0 spiro atoms. The van der Waals surface area contributed by atoms with Gasteiger partial charge in [-0.25, -0.2) is 4.39 Å². The van der Waals surface area contributed by atoms with Crippen LogP contribution in [0.3, 0.4) is 0 Å². The number of carbonyl (C=O) groups excluding carboxylic acids is 1. The van der Waals surface area contributed by atoms with Gasteiger partial charge in [-0.2, -0.15) is 0 Å². The van der Waals surface area contributed by atoms with Crippen LogP contribution in [0.2, 0.25) is 0 Å². The molecule has 114 valence electrons. The van der Waals surface area contributed by atoms with Crippen LogP contribution < -0.4 is 10.6 Å². The van der Waals surface area contributed by atoms with Crippen molar-refractivity contribution >= 4 is 11.6 Å². The van der Waals surface area contributed by atoms with E-state index in [2.05, 4.69) is 22.8 Å². The summed E-state index contributed by atoms with van der Waals surface area (Å²) < 4.78 is 13.1. The van der Waals surface area contributed by atoms with E-state index in [0.29, 0.717) is 5.69 Å². The second-order valence-corrected chi connectivity index (χ2v) is 5.68. The predicted molar refractivity (Wildman–Crippen MR) is 85.1 cm³/mol. The molecule has 2 atom stereocenters. The topological polar surface area (TPSA) is 41.1 Å². The van der Waals surface area contributed by atoms with Crippen LogP contribution in [0.4, 0.5) is 10.1 Å². The number of rotatable bonds is 4. The van der Waals surface area contributed by atoms with Crippen molar-refractivity contribution < 1.29 is 9.18 Å². The summed E-state index contributed by atoms with van der Waals surface area (Å²) in [6.07, 6.45) is 2.03. The molecule has 1 aliphatic carbocycles. The molecule has 0 unspecified atom stereocenters. The highest BCUT2D eigenvalue weighted by molar-refractivity contribution is 5.94. The molecule has 0 heterocycles. The van der Waals surface area contributed by atoms with Crippen molar-refractivity contribution in [1.29, 1.82) is 0 Å². The van der Waals surface area contributed by atoms with Gasteiger partial charge in [-0.15, -0.1) is 0 Å². The van der Waals surface area contributed by atoms with Crippen LogP contribution in [0.25, 0.3) is 0 Å². The minimum Gasteiger partial charge on any atom is -0.325 e. The third kappa shape index (κ3) is 3.17. The number of fused-ring (bicyclic) bond motifs is 1. The van der Waals surface area contributed by atoms with Crippen LogP contribution in [0, 0.1) is 5.82 Å². The van der Waals surface area contributed by atoms with Gasteiger partial charge < -0.3 is 5.32 Å². The summed E-state index contributed by atoms with van der Waals surface area (Å²) >= 11 is 0. The molecule has 1 aliphatic rings. The first-order valence-electron chi connectivity index (χ1n) is 7.54. The number of benzene rings is 2. The Kier molecular flexibility index (Phi) is 4.20. The van der Waals surface area contributed by atoms with Gasteiger partial charge in [0.05, 0.1) is 6.04 Å². The zero-order valence-corrected chi connectivity index (χ0v) is 12.5. The van der Waals surface area contributed by atoms with Gasteiger partial charge in [0.2, 0.25) is 5.91 Å². The molecular formula is C18H19FN2O. The second-order valence-electron chi connectivity index (χ2n) is 5.68. The smallest absolute Gasteiger partial charge is 0.241 e. The average molecular weight is 298 g/mol. The van der Waals surface area contributed by atoms with E-state index in [1.807, 2.05) is 19.1 Å². The summed E-state index contributed by atoms with van der Waals surface area (Å²) in [5, 5.41) is 6.10. The second kappa shape index (κ2) is 6.28. The maximum atomic E-state index is 13.1. The van der Waals surface area contributed by atoms with E-state index in [4.69, 9.17) is 0 Å². The SMILES string of the molecule is C[C@H](N[C@@H]1CCc2ccccc21)C(=O)Nc1cccc(F)c1. The first-order valence-corrected chi connectivity index (χ1v) is 7.54. The Balaban J connectivity index is 1.63. The summed E-state index contributed by atoms with van der Waals surface area (Å²) in [5.41, 5.74) is 3.09. The molecule has 22 heavy (non-hydrogen) atoms. The highest BCUT2D eigenvalue weighted by Gasteiger charge is 2.25. The van der Waals surface area contributed by atoms with Gasteiger partial charge in [0.25, 0.3) is 0 Å². The highest BCUT2D eigenvalue weighted by atomic mass is 19.1. The lowest BCUT2D eigenvalue weighted by atomic mass is 10.1. The fraction of sp³-hybridized carbons (Fsp3) is 0.278. The largest absolute Gasteiger partial charge is 0.325 e. The molecule has 0 aromatic heterocycles. The molecule has 3 nitrogen and oxygen atoms in total. The van der Waals surface area contributed by atoms with Gasteiger partial charge in [-0.1, -0.05) is 30.3 Å². The molecule has 2 N–H and O–H groups in total. The summed E-state index contributed by atoms with van der Waals surface area (Å²) in [7, 11) is 0. The maximum Gasteiger partial charge on any atom is 0.241 e. The Morgan fingerprint density at radius 2 is 2.05 bits per heavy atom. The minimum atomic E-state index is -0.358. The van der Waals surface area contributed by atoms with E-state index in [-0.39, 0.29) is 23.8 Å². The molecule has 0 saturated heterocycles. The van der Waals surface area contributed by atoms with Gasteiger partial charge in [0, 0.05) is 11.7 Å². The molecule has 0 aliphatic heterocycles. The standard InChI is InChI=1S/C18H19FN2O/c1-12(18(22)21-15-7-4-6-14(19)11-15)20-17-10-9-13-5-2-3-8-16(13)17/h2-8,11-12,17,20H,9-10H2,1H3,(H,21,22)/t12-,17+/m0/s1. The molecule has 0 saturated carbocycles. The summed E-state index contributed by atoms with van der Waals surface area (Å²) in [4.78, 5) is 12.2. The van der Waals surface area contributed by atoms with Crippen LogP contribution in [-0.2, 0) is 11.2 Å². The molecule has 0 bridgehead atoms. The Bertz CT molecular complexity index is 686. The lowest BCUT2D eigenvalue weighted by Crippen LogP contribution is -2.39. The van der Waals surface area contributed by atoms with Crippen molar-refractivity contribution in [2.24, 2.45) is 0 Å². The molecular weight excluding hydrogens is 279 g/mol. The first kappa shape index (κ1) is 14.7. The molecule has 1 amide bonds. The number of amides is 1. The Labute approximate surface area is 129 Å². The number of halogens is 1. The highest BCUT2D eigenvalue weighted by Crippen LogP contribution is 2.31. The Morgan fingerprint density at radius 3 is 2.86 bits per heavy atom. The Morgan fingerprint density at radius 1 is 1.23 bits per heavy atom. The summed E-state index contributed by atoms with van der Waals surface area (Å²) in [6, 6.07) is 14.1. The van der Waals surface area contributed by atoms with E-state index in [9.17, 15) is 9.18 Å². The molecule has 2 aromatic rings. The predicted octanol–water partition coefficient (Wildman–Crippen LogP) is 3.43. The lowest BCUT2D eigenvalue weighted by Gasteiger charge is -2.20. The number of carbonyl (C=O) groups is 1. The van der Waals surface area contributed by atoms with E-state index < -0.39 is 0 Å². The first-order chi connectivity index (χ1) is 10.6. The zero-order valence-electron chi connectivity index (χ0n) is 12.5. The number of aryl methyl sites for hydroxylation is 1. The van der Waals surface area contributed by atoms with Crippen LogP contribution in [0.5, 0.6) is 0 Å². The van der Waals surface area contributed by atoms with E-state index >= 15 is 0 Å². The molecule has 3 rings (SSSR count). The van der Waals surface area contributed by atoms with E-state index in [1.54, 1.807) is 12.1 Å². The third-order valence-electron chi connectivity index (χ3n) is 4.07. The monoisotopic (exact) mass is 298 g/mol. The summed E-state index contributed by atoms with van der Waals surface area (Å²) in [5.74, 6) is -0.516. The van der Waals surface area contributed by atoms with Crippen LogP contribution in [-0.4, -0.2) is 11.9 Å². The van der Waals surface area contributed by atoms with Crippen molar-refractivity contribution in [2.75, 3.05) is 5.32 Å². The van der Waals surface area contributed by atoms with E-state index in [0.717, 1.165) is 12.8 Å². The molecule has 0 fully saturated rings. The number of anilines is 1. The number of hydrogen-bond acceptors (Lipinski definition) is 2. The average Bonchev–Trinajstić information content (AvgIpc) is 2.90. The fourth-order valence-electron chi connectivity index (χ4n) is 2.92. The van der Waals surface area contributed by atoms with Gasteiger partial charge in [-0.05, 0) is 49.1 Å². The lowest BCUT2D eigenvalue weighted by molar-refractivity contribution is -0.118. The van der Waals surface area contributed by atoms with Crippen molar-refractivity contribution in [3.05, 3.63) is 65.5 Å². The zero-order chi connectivity index (χ0) is 15.5. The molecule has 4 heteroatoms. The van der Waals surface area contributed by atoms with E-state index in [1.165, 1.54) is 23.3 Å². The normalized spacial score (nSPS) is 17.8. The number of hydrogen-bond donors (Lipinski definition) is 2. The molecule has 0 radical (unpaired) electrons. The van der Waals surface area contributed by atoms with Crippen molar-refractivity contribution in [1.82, 2.24) is 5.32 Å². The minimum absolute atomic E-state index is 0.157. The Hall–Kier alpha value is -2.20. The van der Waals surface area contributed by atoms with Gasteiger partial charge in [0.15, 0.2) is 0 Å².